The van der Waals surface area contributed by atoms with E-state index in [0.29, 0.717) is 31.5 Å². The average Bonchev–Trinajstić information content (AvgIpc) is 2.47. The van der Waals surface area contributed by atoms with Crippen LogP contribution in [0.5, 0.6) is 5.75 Å². The molecule has 3 N–H and O–H groups in total. The Hall–Kier alpha value is -1.66. The van der Waals surface area contributed by atoms with E-state index in [2.05, 4.69) is 4.90 Å². The van der Waals surface area contributed by atoms with E-state index in [0.717, 1.165) is 0 Å². The lowest BCUT2D eigenvalue weighted by atomic mass is 9.90. The minimum absolute atomic E-state index is 0.0777. The van der Waals surface area contributed by atoms with Crippen LogP contribution in [0.1, 0.15) is 24.4 Å². The predicted molar refractivity (Wildman–Crippen MR) is 74.1 cm³/mol. The number of fused-ring (bicyclic) bond motifs is 1. The van der Waals surface area contributed by atoms with E-state index in [9.17, 15) is 14.3 Å². The highest BCUT2D eigenvalue weighted by Crippen LogP contribution is 2.39. The number of rotatable bonds is 2. The van der Waals surface area contributed by atoms with Crippen molar-refractivity contribution >= 4 is 5.91 Å². The lowest BCUT2D eigenvalue weighted by Crippen LogP contribution is -2.47. The van der Waals surface area contributed by atoms with Crippen LogP contribution < -0.4 is 10.5 Å². The normalized spacial score (nSPS) is 27.0. The Bertz CT molecular complexity index is 544. The summed E-state index contributed by atoms with van der Waals surface area (Å²) in [5.74, 6) is -0.555. The van der Waals surface area contributed by atoms with Crippen LogP contribution >= 0.6 is 0 Å². The largest absolute Gasteiger partial charge is 0.487 e. The summed E-state index contributed by atoms with van der Waals surface area (Å²) in [7, 11) is 0. The zero-order chi connectivity index (χ0) is 15.0. The molecule has 0 saturated carbocycles. The molecular weight excluding hydrogens is 275 g/mol. The Labute approximate surface area is 122 Å². The molecule has 1 aromatic rings. The Balaban J connectivity index is 1.83. The van der Waals surface area contributed by atoms with Crippen LogP contribution in [0, 0.1) is 11.7 Å². The van der Waals surface area contributed by atoms with Crippen LogP contribution in [0.4, 0.5) is 4.39 Å². The third-order valence-electron chi connectivity index (χ3n) is 4.40. The van der Waals surface area contributed by atoms with Gasteiger partial charge in [-0.3, -0.25) is 9.69 Å². The fourth-order valence-electron chi connectivity index (χ4n) is 3.28. The van der Waals surface area contributed by atoms with Gasteiger partial charge in [0.25, 0.3) is 0 Å². The van der Waals surface area contributed by atoms with Crippen molar-refractivity contribution in [3.63, 3.8) is 0 Å². The van der Waals surface area contributed by atoms with Crippen molar-refractivity contribution in [3.05, 3.63) is 29.6 Å². The van der Waals surface area contributed by atoms with Gasteiger partial charge in [0, 0.05) is 11.5 Å². The Morgan fingerprint density at radius 2 is 2.10 bits per heavy atom. The molecule has 1 fully saturated rings. The molecule has 21 heavy (non-hydrogen) atoms. The third kappa shape index (κ3) is 2.61. The second-order valence-corrected chi connectivity index (χ2v) is 5.69. The Morgan fingerprint density at radius 3 is 2.76 bits per heavy atom. The number of aliphatic hydroxyl groups is 1. The molecule has 2 aliphatic heterocycles. The highest BCUT2D eigenvalue weighted by atomic mass is 19.1. The number of halogens is 1. The van der Waals surface area contributed by atoms with Crippen molar-refractivity contribution in [2.24, 2.45) is 11.7 Å². The SMILES string of the molecule is NC(=O)C1CCN(C2c3cccc(F)c3OCC2O)CC1. The lowest BCUT2D eigenvalue weighted by molar-refractivity contribution is -0.123. The van der Waals surface area contributed by atoms with Crippen LogP contribution in [0.25, 0.3) is 0 Å². The summed E-state index contributed by atoms with van der Waals surface area (Å²) in [5, 5.41) is 10.3. The first-order valence-electron chi connectivity index (χ1n) is 7.20. The number of carbonyl (C=O) groups excluding carboxylic acids is 1. The van der Waals surface area contributed by atoms with E-state index in [-0.39, 0.29) is 30.2 Å². The number of ether oxygens (including phenoxy) is 1. The number of nitrogens with zero attached hydrogens (tertiary/aromatic N) is 1. The van der Waals surface area contributed by atoms with E-state index in [4.69, 9.17) is 10.5 Å². The summed E-state index contributed by atoms with van der Waals surface area (Å²) in [6.07, 6.45) is 0.637. The van der Waals surface area contributed by atoms with Crippen LogP contribution in [-0.4, -0.2) is 41.7 Å². The zero-order valence-electron chi connectivity index (χ0n) is 11.7. The van der Waals surface area contributed by atoms with Gasteiger partial charge in [-0.15, -0.1) is 0 Å². The number of hydrogen-bond acceptors (Lipinski definition) is 4. The fraction of sp³-hybridized carbons (Fsp3) is 0.533. The Morgan fingerprint density at radius 1 is 1.38 bits per heavy atom. The molecule has 3 rings (SSSR count). The number of hydrogen-bond donors (Lipinski definition) is 2. The average molecular weight is 294 g/mol. The second kappa shape index (κ2) is 5.61. The molecule has 1 amide bonds. The number of carbonyl (C=O) groups is 1. The van der Waals surface area contributed by atoms with Gasteiger partial charge in [-0.05, 0) is 32.0 Å². The van der Waals surface area contributed by atoms with Gasteiger partial charge in [0.05, 0.1) is 6.04 Å². The van der Waals surface area contributed by atoms with E-state index in [1.165, 1.54) is 6.07 Å². The van der Waals surface area contributed by atoms with Crippen LogP contribution in [0.15, 0.2) is 18.2 Å². The zero-order valence-corrected chi connectivity index (χ0v) is 11.7. The lowest BCUT2D eigenvalue weighted by Gasteiger charge is -2.41. The maximum absolute atomic E-state index is 13.8. The van der Waals surface area contributed by atoms with Gasteiger partial charge in [-0.2, -0.15) is 0 Å². The van der Waals surface area contributed by atoms with Gasteiger partial charge >= 0.3 is 0 Å². The van der Waals surface area contributed by atoms with Crippen molar-refractivity contribution in [1.29, 1.82) is 0 Å². The molecule has 0 aliphatic carbocycles. The number of para-hydroxylation sites is 1. The highest BCUT2D eigenvalue weighted by Gasteiger charge is 2.37. The van der Waals surface area contributed by atoms with Gasteiger partial charge in [-0.25, -0.2) is 4.39 Å². The first-order chi connectivity index (χ1) is 10.1. The molecule has 5 nitrogen and oxygen atoms in total. The molecule has 2 heterocycles. The molecule has 0 spiro atoms. The summed E-state index contributed by atoms with van der Waals surface area (Å²) in [6, 6.07) is 4.47. The number of primary amides is 1. The summed E-state index contributed by atoms with van der Waals surface area (Å²) in [5.41, 5.74) is 6.01. The molecule has 2 unspecified atom stereocenters. The molecule has 1 saturated heterocycles. The summed E-state index contributed by atoms with van der Waals surface area (Å²) < 4.78 is 19.1. The summed E-state index contributed by atoms with van der Waals surface area (Å²) in [4.78, 5) is 13.3. The first kappa shape index (κ1) is 14.3. The van der Waals surface area contributed by atoms with Crippen molar-refractivity contribution < 1.29 is 19.0 Å². The van der Waals surface area contributed by atoms with E-state index in [1.807, 2.05) is 0 Å². The van der Waals surface area contributed by atoms with Gasteiger partial charge in [-0.1, -0.05) is 12.1 Å². The highest BCUT2D eigenvalue weighted by molar-refractivity contribution is 5.76. The van der Waals surface area contributed by atoms with Crippen molar-refractivity contribution in [2.75, 3.05) is 19.7 Å². The Kier molecular flexibility index (Phi) is 3.82. The van der Waals surface area contributed by atoms with Crippen molar-refractivity contribution in [1.82, 2.24) is 4.90 Å². The van der Waals surface area contributed by atoms with Crippen molar-refractivity contribution in [3.8, 4) is 5.75 Å². The minimum Gasteiger partial charge on any atom is -0.487 e. The van der Waals surface area contributed by atoms with Crippen molar-refractivity contribution in [2.45, 2.75) is 25.0 Å². The van der Waals surface area contributed by atoms with Crippen LogP contribution in [0.3, 0.4) is 0 Å². The quantitative estimate of drug-likeness (QED) is 0.846. The number of aliphatic hydroxyl groups excluding tert-OH is 1. The maximum Gasteiger partial charge on any atom is 0.220 e. The monoisotopic (exact) mass is 294 g/mol. The maximum atomic E-state index is 13.8. The molecule has 2 aliphatic rings. The predicted octanol–water partition coefficient (Wildman–Crippen LogP) is 0.817. The van der Waals surface area contributed by atoms with Gasteiger partial charge in [0.1, 0.15) is 12.7 Å². The van der Waals surface area contributed by atoms with Crippen LogP contribution in [-0.2, 0) is 4.79 Å². The van der Waals surface area contributed by atoms with Gasteiger partial charge in [0.2, 0.25) is 5.91 Å². The molecule has 2 atom stereocenters. The molecule has 114 valence electrons. The molecule has 0 bridgehead atoms. The second-order valence-electron chi connectivity index (χ2n) is 5.69. The van der Waals surface area contributed by atoms with E-state index in [1.54, 1.807) is 12.1 Å². The smallest absolute Gasteiger partial charge is 0.220 e. The standard InChI is InChI=1S/C15H19FN2O3/c16-11-3-1-2-10-13(12(19)8-21-14(10)11)18-6-4-9(5-7-18)15(17)20/h1-3,9,12-13,19H,4-8H2,(H2,17,20). The molecular formula is C15H19FN2O3. The third-order valence-corrected chi connectivity index (χ3v) is 4.40. The van der Waals surface area contributed by atoms with Crippen LogP contribution in [0.2, 0.25) is 0 Å². The van der Waals surface area contributed by atoms with Gasteiger partial charge in [0.15, 0.2) is 11.6 Å². The minimum atomic E-state index is -0.704. The van der Waals surface area contributed by atoms with E-state index < -0.39 is 11.9 Å². The number of piperidine rings is 1. The number of likely N-dealkylation sites (tertiary alicyclic amines) is 1. The molecule has 0 radical (unpaired) electrons. The number of benzene rings is 1. The number of amides is 1. The summed E-state index contributed by atoms with van der Waals surface area (Å²) >= 11 is 0. The fourth-order valence-corrected chi connectivity index (χ4v) is 3.28. The topological polar surface area (TPSA) is 75.8 Å². The summed E-state index contributed by atoms with van der Waals surface area (Å²) in [6.45, 7) is 1.39. The molecule has 6 heteroatoms. The number of nitrogens with two attached hydrogens (primary N) is 1. The molecule has 0 aromatic heterocycles. The van der Waals surface area contributed by atoms with Gasteiger partial charge < -0.3 is 15.6 Å². The van der Waals surface area contributed by atoms with E-state index >= 15 is 0 Å². The molecule has 1 aromatic carbocycles. The first-order valence-corrected chi connectivity index (χ1v) is 7.20.